The van der Waals surface area contributed by atoms with Gasteiger partial charge in [0.05, 0.1) is 0 Å². The quantitative estimate of drug-likeness (QED) is 0.693. The highest BCUT2D eigenvalue weighted by Gasteiger charge is 2.08. The summed E-state index contributed by atoms with van der Waals surface area (Å²) in [6.45, 7) is 1.60. The molecular weight excluding hydrogens is 236 g/mol. The van der Waals surface area contributed by atoms with Crippen molar-refractivity contribution in [2.24, 2.45) is 5.92 Å². The van der Waals surface area contributed by atoms with Crippen LogP contribution >= 0.6 is 31.9 Å². The summed E-state index contributed by atoms with van der Waals surface area (Å²) >= 11 is 6.45. The third-order valence-electron chi connectivity index (χ3n) is 0.947. The topological polar surface area (TPSA) is 17.1 Å². The molecule has 0 bridgehead atoms. The second kappa shape index (κ2) is 4.50. The van der Waals surface area contributed by atoms with Crippen LogP contribution in [0.4, 0.5) is 0 Å². The molecule has 0 aromatic rings. The zero-order valence-corrected chi connectivity index (χ0v) is 7.83. The van der Waals surface area contributed by atoms with Crippen LogP contribution in [-0.2, 0) is 4.79 Å². The van der Waals surface area contributed by atoms with E-state index < -0.39 is 0 Å². The Kier molecular flexibility index (Phi) is 4.86. The molecule has 0 rings (SSSR count). The summed E-state index contributed by atoms with van der Waals surface area (Å²) in [5.41, 5.74) is 0. The van der Waals surface area contributed by atoms with E-state index >= 15 is 0 Å². The lowest BCUT2D eigenvalue weighted by molar-refractivity contribution is -0.119. The van der Waals surface area contributed by atoms with Crippen molar-refractivity contribution in [3.63, 3.8) is 0 Å². The van der Waals surface area contributed by atoms with E-state index in [-0.39, 0.29) is 11.7 Å². The van der Waals surface area contributed by atoms with Crippen molar-refractivity contribution in [2.45, 2.75) is 6.92 Å². The number of halogens is 2. The van der Waals surface area contributed by atoms with Gasteiger partial charge in [-0.2, -0.15) is 0 Å². The van der Waals surface area contributed by atoms with Crippen molar-refractivity contribution in [1.82, 2.24) is 0 Å². The molecule has 0 fully saturated rings. The Balaban J connectivity index is 3.52. The average molecular weight is 244 g/mol. The fraction of sp³-hybridized carbons (Fsp3) is 0.800. The number of carbonyl (C=O) groups excluding carboxylic acids is 1. The molecule has 3 heteroatoms. The minimum Gasteiger partial charge on any atom is -0.300 e. The molecular formula is C5H8Br2O. The predicted molar refractivity (Wildman–Crippen MR) is 41.8 cm³/mol. The van der Waals surface area contributed by atoms with E-state index in [4.69, 9.17) is 0 Å². The average Bonchev–Trinajstić information content (AvgIpc) is 1.69. The number of ketones is 1. The van der Waals surface area contributed by atoms with Crippen molar-refractivity contribution in [1.29, 1.82) is 0 Å². The van der Waals surface area contributed by atoms with Crippen LogP contribution in [0.5, 0.6) is 0 Å². The highest BCUT2D eigenvalue weighted by atomic mass is 79.9. The Labute approximate surface area is 66.1 Å². The molecule has 0 aromatic carbocycles. The Hall–Kier alpha value is 0.630. The van der Waals surface area contributed by atoms with Crippen LogP contribution in [0.25, 0.3) is 0 Å². The summed E-state index contributed by atoms with van der Waals surface area (Å²) in [6.07, 6.45) is 0. The van der Waals surface area contributed by atoms with Crippen molar-refractivity contribution in [2.75, 3.05) is 10.7 Å². The standard InChI is InChI=1S/C5H8Br2O/c1-4(8)5(2-6)3-7/h5H,2-3H2,1H3. The van der Waals surface area contributed by atoms with E-state index in [1.807, 2.05) is 0 Å². The maximum absolute atomic E-state index is 10.5. The minimum absolute atomic E-state index is 0.148. The zero-order chi connectivity index (χ0) is 6.57. The zero-order valence-electron chi connectivity index (χ0n) is 4.66. The smallest absolute Gasteiger partial charge is 0.134 e. The van der Waals surface area contributed by atoms with E-state index in [0.29, 0.717) is 0 Å². The van der Waals surface area contributed by atoms with Gasteiger partial charge in [-0.25, -0.2) is 0 Å². The second-order valence-electron chi connectivity index (χ2n) is 1.62. The molecule has 48 valence electrons. The molecule has 1 nitrogen and oxygen atoms in total. The molecule has 0 aromatic heterocycles. The largest absolute Gasteiger partial charge is 0.300 e. The molecule has 0 spiro atoms. The third kappa shape index (κ3) is 2.82. The molecule has 0 N–H and O–H groups in total. The molecule has 0 aliphatic heterocycles. The Morgan fingerprint density at radius 3 is 1.88 bits per heavy atom. The summed E-state index contributed by atoms with van der Waals surface area (Å²) < 4.78 is 0. The number of hydrogen-bond acceptors (Lipinski definition) is 1. The van der Waals surface area contributed by atoms with E-state index in [1.165, 1.54) is 0 Å². The van der Waals surface area contributed by atoms with Gasteiger partial charge in [0.2, 0.25) is 0 Å². The lowest BCUT2D eigenvalue weighted by atomic mass is 10.1. The Morgan fingerprint density at radius 2 is 1.88 bits per heavy atom. The number of hydrogen-bond donors (Lipinski definition) is 0. The summed E-state index contributed by atoms with van der Waals surface area (Å²) in [6, 6.07) is 0. The van der Waals surface area contributed by atoms with Gasteiger partial charge in [0, 0.05) is 16.6 Å². The molecule has 0 saturated carbocycles. The number of carbonyl (C=O) groups is 1. The fourth-order valence-electron chi connectivity index (χ4n) is 0.259. The summed E-state index contributed by atoms with van der Waals surface area (Å²) in [4.78, 5) is 10.5. The van der Waals surface area contributed by atoms with E-state index in [1.54, 1.807) is 6.92 Å². The first-order valence-corrected chi connectivity index (χ1v) is 4.59. The highest BCUT2D eigenvalue weighted by Crippen LogP contribution is 2.05. The second-order valence-corrected chi connectivity index (χ2v) is 2.91. The normalized spacial score (nSPS) is 10.0. The van der Waals surface area contributed by atoms with Gasteiger partial charge >= 0.3 is 0 Å². The predicted octanol–water partition coefficient (Wildman–Crippen LogP) is 1.98. The van der Waals surface area contributed by atoms with E-state index in [0.717, 1.165) is 10.7 Å². The van der Waals surface area contributed by atoms with Gasteiger partial charge in [-0.1, -0.05) is 31.9 Å². The van der Waals surface area contributed by atoms with Crippen LogP contribution < -0.4 is 0 Å². The van der Waals surface area contributed by atoms with Gasteiger partial charge in [-0.15, -0.1) is 0 Å². The maximum Gasteiger partial charge on any atom is 0.134 e. The summed E-state index contributed by atoms with van der Waals surface area (Å²) in [5.74, 6) is 0.383. The van der Waals surface area contributed by atoms with Crippen molar-refractivity contribution < 1.29 is 4.79 Å². The maximum atomic E-state index is 10.5. The minimum atomic E-state index is 0.148. The van der Waals surface area contributed by atoms with Gasteiger partial charge in [0.15, 0.2) is 0 Å². The van der Waals surface area contributed by atoms with Gasteiger partial charge in [0.25, 0.3) is 0 Å². The van der Waals surface area contributed by atoms with Crippen molar-refractivity contribution in [3.8, 4) is 0 Å². The Bertz CT molecular complexity index is 78.5. The van der Waals surface area contributed by atoms with Crippen LogP contribution in [0.1, 0.15) is 6.92 Å². The molecule has 0 amide bonds. The molecule has 0 atom stereocenters. The lowest BCUT2D eigenvalue weighted by Crippen LogP contribution is -2.13. The first kappa shape index (κ1) is 8.63. The van der Waals surface area contributed by atoms with Crippen molar-refractivity contribution >= 4 is 37.6 Å². The third-order valence-corrected chi connectivity index (χ3v) is 2.51. The molecule has 0 unspecified atom stereocenters. The lowest BCUT2D eigenvalue weighted by Gasteiger charge is -2.02. The van der Waals surface area contributed by atoms with Gasteiger partial charge in [0.1, 0.15) is 5.78 Å². The SMILES string of the molecule is CC(=O)C(CBr)CBr. The van der Waals surface area contributed by atoms with Crippen LogP contribution in [0.15, 0.2) is 0 Å². The molecule has 0 radical (unpaired) electrons. The van der Waals surface area contributed by atoms with Crippen LogP contribution in [0.3, 0.4) is 0 Å². The molecule has 8 heavy (non-hydrogen) atoms. The molecule has 0 aliphatic carbocycles. The van der Waals surface area contributed by atoms with Gasteiger partial charge < -0.3 is 0 Å². The number of rotatable bonds is 3. The molecule has 0 saturated heterocycles. The number of alkyl halides is 2. The monoisotopic (exact) mass is 242 g/mol. The van der Waals surface area contributed by atoms with Crippen LogP contribution in [0, 0.1) is 5.92 Å². The fourth-order valence-corrected chi connectivity index (χ4v) is 2.24. The Morgan fingerprint density at radius 1 is 1.50 bits per heavy atom. The summed E-state index contributed by atoms with van der Waals surface area (Å²) in [5, 5.41) is 1.52. The van der Waals surface area contributed by atoms with E-state index in [9.17, 15) is 4.79 Å². The number of Topliss-reactive ketones (excluding diaryl/α,β-unsaturated/α-hetero) is 1. The highest BCUT2D eigenvalue weighted by molar-refractivity contribution is 9.09. The molecule has 0 aliphatic rings. The first-order chi connectivity index (χ1) is 3.72. The molecule has 0 heterocycles. The van der Waals surface area contributed by atoms with Gasteiger partial charge in [-0.05, 0) is 6.92 Å². The van der Waals surface area contributed by atoms with E-state index in [2.05, 4.69) is 31.9 Å². The van der Waals surface area contributed by atoms with Crippen LogP contribution in [0.2, 0.25) is 0 Å². The van der Waals surface area contributed by atoms with Crippen LogP contribution in [-0.4, -0.2) is 16.4 Å². The summed E-state index contributed by atoms with van der Waals surface area (Å²) in [7, 11) is 0. The van der Waals surface area contributed by atoms with Gasteiger partial charge in [-0.3, -0.25) is 4.79 Å². The van der Waals surface area contributed by atoms with Crippen molar-refractivity contribution in [3.05, 3.63) is 0 Å². The first-order valence-electron chi connectivity index (χ1n) is 2.34.